The molecule has 1 N–H and O–H groups in total. The monoisotopic (exact) mass is 417 g/mol. The zero-order valence-corrected chi connectivity index (χ0v) is 15.7. The zero-order valence-electron chi connectivity index (χ0n) is 14.2. The molecule has 0 radical (unpaired) electrons. The molecule has 1 atom stereocenters. The van der Waals surface area contributed by atoms with Crippen molar-refractivity contribution in [3.05, 3.63) is 73.7 Å². The van der Waals surface area contributed by atoms with E-state index >= 15 is 0 Å². The molecule has 1 aliphatic rings. The number of carbonyl (C=O) groups excluding carboxylic acids is 2. The first-order chi connectivity index (χ1) is 12.2. The summed E-state index contributed by atoms with van der Waals surface area (Å²) in [7, 11) is 0. The van der Waals surface area contributed by atoms with Gasteiger partial charge in [0.05, 0.1) is 11.5 Å². The lowest BCUT2D eigenvalue weighted by Gasteiger charge is -2.22. The van der Waals surface area contributed by atoms with E-state index < -0.39 is 22.4 Å². The van der Waals surface area contributed by atoms with Crippen molar-refractivity contribution in [2.24, 2.45) is 0 Å². The molecule has 1 fully saturated rings. The number of rotatable bonds is 4. The number of halogens is 1. The fourth-order valence-corrected chi connectivity index (χ4v) is 3.44. The highest BCUT2D eigenvalue weighted by Crippen LogP contribution is 2.32. The van der Waals surface area contributed by atoms with E-state index in [4.69, 9.17) is 0 Å². The third-order valence-corrected chi connectivity index (χ3v) is 5.11. The highest BCUT2D eigenvalue weighted by atomic mass is 79.9. The van der Waals surface area contributed by atoms with Crippen LogP contribution >= 0.6 is 15.9 Å². The van der Waals surface area contributed by atoms with Gasteiger partial charge in [-0.15, -0.1) is 0 Å². The van der Waals surface area contributed by atoms with E-state index in [0.717, 1.165) is 9.37 Å². The Labute approximate surface area is 158 Å². The van der Waals surface area contributed by atoms with Crippen LogP contribution in [0, 0.1) is 17.0 Å². The molecule has 7 nitrogen and oxygen atoms in total. The Balaban J connectivity index is 1.94. The van der Waals surface area contributed by atoms with E-state index in [0.29, 0.717) is 16.7 Å². The van der Waals surface area contributed by atoms with Crippen LogP contribution in [0.1, 0.15) is 23.6 Å². The summed E-state index contributed by atoms with van der Waals surface area (Å²) >= 11 is 3.37. The van der Waals surface area contributed by atoms with Crippen molar-refractivity contribution < 1.29 is 14.5 Å². The van der Waals surface area contributed by atoms with Crippen LogP contribution in [0.5, 0.6) is 0 Å². The Bertz CT molecular complexity index is 930. The summed E-state index contributed by atoms with van der Waals surface area (Å²) in [5.41, 5.74) is 0.429. The third kappa shape index (κ3) is 2.96. The topological polar surface area (TPSA) is 92.6 Å². The van der Waals surface area contributed by atoms with Gasteiger partial charge in [0, 0.05) is 16.1 Å². The Morgan fingerprint density at radius 3 is 2.58 bits per heavy atom. The largest absolute Gasteiger partial charge is 0.325 e. The average molecular weight is 418 g/mol. The van der Waals surface area contributed by atoms with Crippen LogP contribution in [0.25, 0.3) is 0 Å². The normalized spacial score (nSPS) is 19.6. The van der Waals surface area contributed by atoms with Crippen molar-refractivity contribution in [1.29, 1.82) is 0 Å². The van der Waals surface area contributed by atoms with E-state index in [1.165, 1.54) is 6.07 Å². The molecular formula is C18H16BrN3O4. The standard InChI is InChI=1S/C18H16BrN3O4/c1-11-12(5-3-8-15(11)22(25)26)10-21-16(23)18(2,20-17(21)24)13-6-4-7-14(19)9-13/h3-9H,10H2,1-2H3,(H,20,24)/t18-/m1/s1. The quantitative estimate of drug-likeness (QED) is 0.466. The number of hydrogen-bond donors (Lipinski definition) is 1. The van der Waals surface area contributed by atoms with Crippen molar-refractivity contribution in [2.75, 3.05) is 0 Å². The number of imide groups is 1. The van der Waals surface area contributed by atoms with E-state index in [1.807, 2.05) is 6.07 Å². The molecule has 0 aliphatic carbocycles. The smallest absolute Gasteiger partial charge is 0.319 e. The number of carbonyl (C=O) groups is 2. The number of hydrogen-bond acceptors (Lipinski definition) is 4. The summed E-state index contributed by atoms with van der Waals surface area (Å²) in [5, 5.41) is 13.8. The molecule has 3 rings (SSSR count). The summed E-state index contributed by atoms with van der Waals surface area (Å²) in [6.07, 6.45) is 0. The predicted molar refractivity (Wildman–Crippen MR) is 98.4 cm³/mol. The molecule has 0 bridgehead atoms. The Morgan fingerprint density at radius 1 is 1.23 bits per heavy atom. The van der Waals surface area contributed by atoms with Crippen molar-refractivity contribution in [3.63, 3.8) is 0 Å². The maximum atomic E-state index is 13.0. The van der Waals surface area contributed by atoms with Gasteiger partial charge >= 0.3 is 6.03 Å². The van der Waals surface area contributed by atoms with Crippen molar-refractivity contribution in [2.45, 2.75) is 25.9 Å². The summed E-state index contributed by atoms with van der Waals surface area (Å²) in [6, 6.07) is 11.3. The second kappa shape index (κ2) is 6.53. The lowest BCUT2D eigenvalue weighted by atomic mass is 9.92. The number of benzene rings is 2. The summed E-state index contributed by atoms with van der Waals surface area (Å²) < 4.78 is 0.797. The molecule has 0 unspecified atom stereocenters. The first-order valence-electron chi connectivity index (χ1n) is 7.87. The van der Waals surface area contributed by atoms with Crippen LogP contribution in [0.2, 0.25) is 0 Å². The first-order valence-corrected chi connectivity index (χ1v) is 8.66. The summed E-state index contributed by atoms with van der Waals surface area (Å²) in [6.45, 7) is 3.23. The minimum Gasteiger partial charge on any atom is -0.319 e. The maximum absolute atomic E-state index is 13.0. The molecule has 2 aromatic rings. The van der Waals surface area contributed by atoms with Crippen LogP contribution in [-0.2, 0) is 16.9 Å². The first kappa shape index (κ1) is 18.1. The van der Waals surface area contributed by atoms with Crippen molar-refractivity contribution in [1.82, 2.24) is 10.2 Å². The molecule has 26 heavy (non-hydrogen) atoms. The van der Waals surface area contributed by atoms with Crippen molar-refractivity contribution >= 4 is 33.6 Å². The minimum atomic E-state index is -1.19. The molecule has 0 saturated carbocycles. The molecule has 0 spiro atoms. The van der Waals surface area contributed by atoms with E-state index in [9.17, 15) is 19.7 Å². The van der Waals surface area contributed by atoms with Gasteiger partial charge in [0.2, 0.25) is 0 Å². The van der Waals surface area contributed by atoms with Gasteiger partial charge in [-0.05, 0) is 37.1 Å². The maximum Gasteiger partial charge on any atom is 0.325 e. The van der Waals surface area contributed by atoms with Gasteiger partial charge in [0.25, 0.3) is 11.6 Å². The molecule has 1 saturated heterocycles. The van der Waals surface area contributed by atoms with Gasteiger partial charge in [-0.3, -0.25) is 19.8 Å². The van der Waals surface area contributed by atoms with Crippen molar-refractivity contribution in [3.8, 4) is 0 Å². The van der Waals surface area contributed by atoms with Crippen LogP contribution in [0.15, 0.2) is 46.9 Å². The number of nitro groups is 1. The minimum absolute atomic E-state index is 0.0260. The number of amides is 3. The predicted octanol–water partition coefficient (Wildman–Crippen LogP) is 3.63. The van der Waals surface area contributed by atoms with Crippen LogP contribution in [0.4, 0.5) is 10.5 Å². The fourth-order valence-electron chi connectivity index (χ4n) is 3.05. The molecule has 0 aromatic heterocycles. The SMILES string of the molecule is Cc1c(CN2C(=O)N[C@](C)(c3cccc(Br)c3)C2=O)cccc1[N+](=O)[O-]. The Kier molecular flexibility index (Phi) is 4.53. The van der Waals surface area contributed by atoms with Crippen LogP contribution < -0.4 is 5.32 Å². The van der Waals surface area contributed by atoms with E-state index in [1.54, 1.807) is 44.2 Å². The van der Waals surface area contributed by atoms with E-state index in [2.05, 4.69) is 21.2 Å². The van der Waals surface area contributed by atoms with Crippen LogP contribution in [-0.4, -0.2) is 21.8 Å². The number of nitro benzene ring substituents is 1. The highest BCUT2D eigenvalue weighted by molar-refractivity contribution is 9.10. The number of urea groups is 1. The number of nitrogens with one attached hydrogen (secondary N) is 1. The fraction of sp³-hybridized carbons (Fsp3) is 0.222. The molecule has 1 heterocycles. The third-order valence-electron chi connectivity index (χ3n) is 4.62. The van der Waals surface area contributed by atoms with Gasteiger partial charge in [0.15, 0.2) is 0 Å². The average Bonchev–Trinajstić information content (AvgIpc) is 2.80. The summed E-state index contributed by atoms with van der Waals surface area (Å²) in [4.78, 5) is 37.1. The highest BCUT2D eigenvalue weighted by Gasteiger charge is 2.49. The zero-order chi connectivity index (χ0) is 19.1. The number of nitrogens with zero attached hydrogens (tertiary/aromatic N) is 2. The molecule has 1 aliphatic heterocycles. The Hall–Kier alpha value is -2.74. The molecular weight excluding hydrogens is 402 g/mol. The summed E-state index contributed by atoms with van der Waals surface area (Å²) in [5.74, 6) is -0.397. The van der Waals surface area contributed by atoms with Gasteiger partial charge in [-0.2, -0.15) is 0 Å². The Morgan fingerprint density at radius 2 is 1.92 bits per heavy atom. The molecule has 8 heteroatoms. The lowest BCUT2D eigenvalue weighted by Crippen LogP contribution is -2.40. The van der Waals surface area contributed by atoms with E-state index in [-0.39, 0.29) is 12.2 Å². The molecule has 3 amide bonds. The van der Waals surface area contributed by atoms with Gasteiger partial charge in [0.1, 0.15) is 5.54 Å². The van der Waals surface area contributed by atoms with Crippen LogP contribution in [0.3, 0.4) is 0 Å². The van der Waals surface area contributed by atoms with Gasteiger partial charge in [-0.25, -0.2) is 4.79 Å². The van der Waals surface area contributed by atoms with Gasteiger partial charge < -0.3 is 5.32 Å². The second-order valence-corrected chi connectivity index (χ2v) is 7.19. The second-order valence-electron chi connectivity index (χ2n) is 6.28. The molecule has 2 aromatic carbocycles. The molecule has 134 valence electrons. The van der Waals surface area contributed by atoms with Gasteiger partial charge in [-0.1, -0.05) is 40.2 Å². The lowest BCUT2D eigenvalue weighted by molar-refractivity contribution is -0.385.